The van der Waals surface area contributed by atoms with Crippen LogP contribution < -0.4 is 20.9 Å². The molecular weight excluding hydrogens is 450 g/mol. The van der Waals surface area contributed by atoms with Gasteiger partial charge in [-0.1, -0.05) is 48.5 Å². The van der Waals surface area contributed by atoms with Gasteiger partial charge in [0.1, 0.15) is 24.2 Å². The Balaban J connectivity index is 1.34. The molecule has 0 fully saturated rings. The van der Waals surface area contributed by atoms with Crippen molar-refractivity contribution in [3.8, 4) is 5.75 Å². The first-order chi connectivity index (χ1) is 17.1. The molecule has 2 aromatic carbocycles. The van der Waals surface area contributed by atoms with Crippen molar-refractivity contribution in [3.63, 3.8) is 0 Å². The molecule has 3 N–H and O–H groups in total. The first-order valence-electron chi connectivity index (χ1n) is 10.8. The van der Waals surface area contributed by atoms with Gasteiger partial charge in [0, 0.05) is 6.42 Å². The number of furan rings is 2. The SMILES string of the molecule is O=C(N[C@@H](Cc1ccccc1)C(=O)NNC(=O)c1ccc(COc2ccccc2)o1)c1ccco1. The molecule has 1 atom stereocenters. The molecule has 2 heterocycles. The number of benzene rings is 2. The van der Waals surface area contributed by atoms with Gasteiger partial charge in [-0.15, -0.1) is 0 Å². The van der Waals surface area contributed by atoms with E-state index in [9.17, 15) is 14.4 Å². The van der Waals surface area contributed by atoms with Crippen molar-refractivity contribution in [1.29, 1.82) is 0 Å². The lowest BCUT2D eigenvalue weighted by molar-refractivity contribution is -0.123. The van der Waals surface area contributed by atoms with Crippen molar-refractivity contribution in [1.82, 2.24) is 16.2 Å². The summed E-state index contributed by atoms with van der Waals surface area (Å²) >= 11 is 0. The average molecular weight is 473 g/mol. The van der Waals surface area contributed by atoms with Crippen LogP contribution >= 0.6 is 0 Å². The number of para-hydroxylation sites is 1. The quantitative estimate of drug-likeness (QED) is 0.321. The molecule has 0 aliphatic heterocycles. The van der Waals surface area contributed by atoms with E-state index >= 15 is 0 Å². The summed E-state index contributed by atoms with van der Waals surface area (Å²) in [6.07, 6.45) is 1.57. The number of rotatable bonds is 9. The molecule has 0 aliphatic carbocycles. The summed E-state index contributed by atoms with van der Waals surface area (Å²) in [5.74, 6) is -0.633. The third-order valence-corrected chi connectivity index (χ3v) is 4.96. The third kappa shape index (κ3) is 6.61. The van der Waals surface area contributed by atoms with Crippen LogP contribution in [-0.2, 0) is 17.8 Å². The summed E-state index contributed by atoms with van der Waals surface area (Å²) in [7, 11) is 0. The predicted octanol–water partition coefficient (Wildman–Crippen LogP) is 3.25. The van der Waals surface area contributed by atoms with Crippen molar-refractivity contribution in [2.45, 2.75) is 19.1 Å². The zero-order valence-corrected chi connectivity index (χ0v) is 18.6. The van der Waals surface area contributed by atoms with Gasteiger partial charge < -0.3 is 18.9 Å². The number of hydrazine groups is 1. The molecule has 0 radical (unpaired) electrons. The van der Waals surface area contributed by atoms with Gasteiger partial charge in [0.25, 0.3) is 11.8 Å². The fraction of sp³-hybridized carbons (Fsp3) is 0.115. The Morgan fingerprint density at radius 3 is 2.23 bits per heavy atom. The summed E-state index contributed by atoms with van der Waals surface area (Å²) in [4.78, 5) is 37.7. The van der Waals surface area contributed by atoms with E-state index in [0.717, 1.165) is 5.56 Å². The van der Waals surface area contributed by atoms with Crippen LogP contribution in [0.15, 0.2) is 100 Å². The topological polar surface area (TPSA) is 123 Å². The van der Waals surface area contributed by atoms with Gasteiger partial charge in [-0.25, -0.2) is 0 Å². The average Bonchev–Trinajstić information content (AvgIpc) is 3.59. The summed E-state index contributed by atoms with van der Waals surface area (Å²) in [6.45, 7) is 0.140. The van der Waals surface area contributed by atoms with Crippen LogP contribution in [0.5, 0.6) is 5.75 Å². The molecule has 9 nitrogen and oxygen atoms in total. The van der Waals surface area contributed by atoms with E-state index in [2.05, 4.69) is 16.2 Å². The summed E-state index contributed by atoms with van der Waals surface area (Å²) in [5, 5.41) is 2.63. The van der Waals surface area contributed by atoms with E-state index in [4.69, 9.17) is 13.6 Å². The van der Waals surface area contributed by atoms with Gasteiger partial charge in [-0.2, -0.15) is 0 Å². The second-order valence-corrected chi connectivity index (χ2v) is 7.50. The minimum atomic E-state index is -0.971. The molecule has 9 heteroatoms. The zero-order valence-electron chi connectivity index (χ0n) is 18.6. The van der Waals surface area contributed by atoms with E-state index in [1.807, 2.05) is 60.7 Å². The maximum absolute atomic E-state index is 12.8. The smallest absolute Gasteiger partial charge is 0.305 e. The monoisotopic (exact) mass is 473 g/mol. The van der Waals surface area contributed by atoms with Gasteiger partial charge in [0.2, 0.25) is 0 Å². The number of ether oxygens (including phenoxy) is 1. The lowest BCUT2D eigenvalue weighted by Crippen LogP contribution is -2.53. The molecule has 0 unspecified atom stereocenters. The lowest BCUT2D eigenvalue weighted by Gasteiger charge is -2.18. The van der Waals surface area contributed by atoms with Crippen LogP contribution in [0.25, 0.3) is 0 Å². The molecule has 178 valence electrons. The highest BCUT2D eigenvalue weighted by molar-refractivity contribution is 5.97. The normalized spacial score (nSPS) is 11.3. The number of hydrogen-bond acceptors (Lipinski definition) is 6. The van der Waals surface area contributed by atoms with Crippen molar-refractivity contribution in [2.24, 2.45) is 0 Å². The largest absolute Gasteiger partial charge is 0.486 e. The Bertz CT molecular complexity index is 1250. The highest BCUT2D eigenvalue weighted by Crippen LogP contribution is 2.14. The predicted molar refractivity (Wildman–Crippen MR) is 125 cm³/mol. The fourth-order valence-corrected chi connectivity index (χ4v) is 3.21. The van der Waals surface area contributed by atoms with E-state index < -0.39 is 23.8 Å². The Hall–Kier alpha value is -4.79. The summed E-state index contributed by atoms with van der Waals surface area (Å²) < 4.78 is 16.2. The van der Waals surface area contributed by atoms with Crippen LogP contribution in [0.4, 0.5) is 0 Å². The van der Waals surface area contributed by atoms with E-state index in [1.165, 1.54) is 18.4 Å². The molecule has 0 saturated heterocycles. The minimum Gasteiger partial charge on any atom is -0.486 e. The fourth-order valence-electron chi connectivity index (χ4n) is 3.21. The van der Waals surface area contributed by atoms with Crippen molar-refractivity contribution in [3.05, 3.63) is 114 Å². The standard InChI is InChI=1S/C26H23N3O6/c30-24(21(16-18-8-3-1-4-9-18)27-25(31)22-12-7-15-33-22)28-29-26(32)23-14-13-20(35-23)17-34-19-10-5-2-6-11-19/h1-15,21H,16-17H2,(H,27,31)(H,28,30)(H,29,32)/t21-/m0/s1. The first-order valence-corrected chi connectivity index (χ1v) is 10.8. The number of amides is 3. The van der Waals surface area contributed by atoms with Gasteiger partial charge in [0.15, 0.2) is 11.5 Å². The van der Waals surface area contributed by atoms with Gasteiger partial charge in [0.05, 0.1) is 6.26 Å². The van der Waals surface area contributed by atoms with Crippen molar-refractivity contribution in [2.75, 3.05) is 0 Å². The maximum atomic E-state index is 12.8. The highest BCUT2D eigenvalue weighted by Gasteiger charge is 2.24. The van der Waals surface area contributed by atoms with Crippen LogP contribution in [0.1, 0.15) is 32.4 Å². The zero-order chi connectivity index (χ0) is 24.5. The lowest BCUT2D eigenvalue weighted by atomic mass is 10.1. The molecule has 0 aliphatic rings. The van der Waals surface area contributed by atoms with Gasteiger partial charge >= 0.3 is 5.91 Å². The maximum Gasteiger partial charge on any atom is 0.305 e. The van der Waals surface area contributed by atoms with E-state index in [-0.39, 0.29) is 24.5 Å². The molecule has 4 rings (SSSR count). The van der Waals surface area contributed by atoms with Crippen LogP contribution in [0.3, 0.4) is 0 Å². The number of carbonyl (C=O) groups is 3. The number of hydrogen-bond donors (Lipinski definition) is 3. The Morgan fingerprint density at radius 2 is 1.51 bits per heavy atom. The third-order valence-electron chi connectivity index (χ3n) is 4.96. The van der Waals surface area contributed by atoms with Crippen molar-refractivity contribution < 1.29 is 28.0 Å². The molecule has 35 heavy (non-hydrogen) atoms. The Labute approximate surface area is 201 Å². The minimum absolute atomic E-state index is 0.00353. The van der Waals surface area contributed by atoms with E-state index in [1.54, 1.807) is 12.1 Å². The number of nitrogens with one attached hydrogen (secondary N) is 3. The molecule has 0 bridgehead atoms. The van der Waals surface area contributed by atoms with Gasteiger partial charge in [-0.3, -0.25) is 25.2 Å². The summed E-state index contributed by atoms with van der Waals surface area (Å²) in [6, 6.07) is 23.6. The Morgan fingerprint density at radius 1 is 0.771 bits per heavy atom. The molecular formula is C26H23N3O6. The first kappa shape index (κ1) is 23.4. The summed E-state index contributed by atoms with van der Waals surface area (Å²) in [5.41, 5.74) is 5.48. The molecule has 0 saturated carbocycles. The molecule has 4 aromatic rings. The van der Waals surface area contributed by atoms with Crippen LogP contribution in [-0.4, -0.2) is 23.8 Å². The Kier molecular flexibility index (Phi) is 7.59. The molecule has 0 spiro atoms. The van der Waals surface area contributed by atoms with E-state index in [0.29, 0.717) is 11.5 Å². The van der Waals surface area contributed by atoms with Gasteiger partial charge in [-0.05, 0) is 42.0 Å². The second-order valence-electron chi connectivity index (χ2n) is 7.50. The van der Waals surface area contributed by atoms with Crippen molar-refractivity contribution >= 4 is 17.7 Å². The van der Waals surface area contributed by atoms with Crippen LogP contribution in [0.2, 0.25) is 0 Å². The number of carbonyl (C=O) groups excluding carboxylic acids is 3. The highest BCUT2D eigenvalue weighted by atomic mass is 16.5. The molecule has 2 aromatic heterocycles. The van der Waals surface area contributed by atoms with Crippen LogP contribution in [0, 0.1) is 0 Å². The second kappa shape index (κ2) is 11.4. The molecule has 3 amide bonds.